The molecule has 0 unspecified atom stereocenters. The van der Waals surface area contributed by atoms with E-state index in [1.165, 1.54) is 13.2 Å². The highest BCUT2D eigenvalue weighted by atomic mass is 32.2. The van der Waals surface area contributed by atoms with E-state index in [-0.39, 0.29) is 10.6 Å². The lowest BCUT2D eigenvalue weighted by molar-refractivity contribution is 0.0975. The number of rotatable bonds is 5. The van der Waals surface area contributed by atoms with Crippen molar-refractivity contribution >= 4 is 15.9 Å². The highest BCUT2D eigenvalue weighted by molar-refractivity contribution is 7.90. The van der Waals surface area contributed by atoms with E-state index in [2.05, 4.69) is 14.9 Å². The molecule has 0 aliphatic heterocycles. The van der Waals surface area contributed by atoms with Crippen LogP contribution in [0.25, 0.3) is 0 Å². The van der Waals surface area contributed by atoms with E-state index in [4.69, 9.17) is 4.74 Å². The maximum absolute atomic E-state index is 12.6. The third-order valence-corrected chi connectivity index (χ3v) is 5.74. The lowest BCUT2D eigenvalue weighted by atomic mass is 10.2. The Labute approximate surface area is 146 Å². The molecule has 1 heterocycles. The van der Waals surface area contributed by atoms with Crippen molar-refractivity contribution in [1.29, 1.82) is 0 Å². The van der Waals surface area contributed by atoms with Crippen molar-refractivity contribution in [2.45, 2.75) is 37.5 Å². The molecule has 0 radical (unpaired) electrons. The van der Waals surface area contributed by atoms with Crippen LogP contribution in [0.15, 0.2) is 29.2 Å². The molecule has 1 aromatic heterocycles. The van der Waals surface area contributed by atoms with Crippen LogP contribution in [0.3, 0.4) is 0 Å². The van der Waals surface area contributed by atoms with Crippen molar-refractivity contribution in [1.82, 2.24) is 14.9 Å². The molecule has 3 rings (SSSR count). The molecule has 0 atom stereocenters. The molecule has 0 saturated heterocycles. The summed E-state index contributed by atoms with van der Waals surface area (Å²) in [5.74, 6) is -0.0826. The monoisotopic (exact) mass is 361 g/mol. The zero-order valence-corrected chi connectivity index (χ0v) is 15.1. The lowest BCUT2D eigenvalue weighted by Crippen LogP contribution is -2.32. The number of aryl methyl sites for hydroxylation is 2. The molecule has 1 saturated carbocycles. The van der Waals surface area contributed by atoms with E-state index in [1.54, 1.807) is 32.0 Å². The number of benzene rings is 1. The summed E-state index contributed by atoms with van der Waals surface area (Å²) in [7, 11) is -2.53. The van der Waals surface area contributed by atoms with Gasteiger partial charge in [0.15, 0.2) is 5.69 Å². The first-order valence-corrected chi connectivity index (χ1v) is 9.36. The highest BCUT2D eigenvalue weighted by Crippen LogP contribution is 2.42. The molecule has 8 heteroatoms. The fourth-order valence-corrected chi connectivity index (χ4v) is 4.18. The number of carbonyl (C=O) groups is 1. The molecule has 1 fully saturated rings. The van der Waals surface area contributed by atoms with Gasteiger partial charge in [-0.15, -0.1) is 5.10 Å². The lowest BCUT2D eigenvalue weighted by Gasteiger charge is -2.12. The van der Waals surface area contributed by atoms with Crippen LogP contribution in [0, 0.1) is 13.8 Å². The molecule has 2 aromatic rings. The second-order valence-electron chi connectivity index (χ2n) is 6.11. The summed E-state index contributed by atoms with van der Waals surface area (Å²) in [6.07, 6.45) is 2.02. The Hall–Kier alpha value is -2.48. The summed E-state index contributed by atoms with van der Waals surface area (Å²) < 4.78 is 32.5. The minimum absolute atomic E-state index is 0.0953. The van der Waals surface area contributed by atoms with Crippen LogP contribution in [-0.4, -0.2) is 31.6 Å². The van der Waals surface area contributed by atoms with E-state index in [9.17, 15) is 13.2 Å². The van der Waals surface area contributed by atoms with E-state index in [1.807, 2.05) is 0 Å². The van der Waals surface area contributed by atoms with E-state index < -0.39 is 15.9 Å². The number of aromatic nitrogens is 2. The van der Waals surface area contributed by atoms with Crippen molar-refractivity contribution in [2.24, 2.45) is 0 Å². The predicted molar refractivity (Wildman–Crippen MR) is 91.1 cm³/mol. The molecular formula is C17H19N3O4S. The van der Waals surface area contributed by atoms with Gasteiger partial charge in [-0.2, -0.15) is 5.10 Å². The summed E-state index contributed by atoms with van der Waals surface area (Å²) in [5.41, 5.74) is 1.73. The Bertz CT molecular complexity index is 917. The maximum atomic E-state index is 12.6. The van der Waals surface area contributed by atoms with E-state index >= 15 is 0 Å². The van der Waals surface area contributed by atoms with Gasteiger partial charge in [-0.05, 0) is 37.8 Å². The zero-order chi connectivity index (χ0) is 18.2. The minimum Gasteiger partial charge on any atom is -0.495 e. The second-order valence-corrected chi connectivity index (χ2v) is 7.73. The largest absolute Gasteiger partial charge is 0.495 e. The molecule has 0 spiro atoms. The first-order chi connectivity index (χ1) is 11.8. The first-order valence-electron chi connectivity index (χ1n) is 7.88. The van der Waals surface area contributed by atoms with E-state index in [0.717, 1.165) is 12.8 Å². The fourth-order valence-electron chi connectivity index (χ4n) is 2.75. The number of hydrogen-bond donors (Lipinski definition) is 1. The third kappa shape index (κ3) is 3.48. The van der Waals surface area contributed by atoms with Gasteiger partial charge in [0.1, 0.15) is 11.4 Å². The van der Waals surface area contributed by atoms with Crippen LogP contribution in [0.1, 0.15) is 46.1 Å². The molecule has 132 valence electrons. The molecular weight excluding hydrogens is 342 g/mol. The fraction of sp³-hybridized carbons (Fsp3) is 0.353. The SMILES string of the molecule is COc1cc(C(=O)NS(=O)(=O)c2c(C)cccc2C)nnc1C1CC1. The Morgan fingerprint density at radius 3 is 2.40 bits per heavy atom. The summed E-state index contributed by atoms with van der Waals surface area (Å²) in [6.45, 7) is 3.36. The number of amides is 1. The van der Waals surface area contributed by atoms with Crippen molar-refractivity contribution in [2.75, 3.05) is 7.11 Å². The van der Waals surface area contributed by atoms with E-state index in [0.29, 0.717) is 28.5 Å². The summed E-state index contributed by atoms with van der Waals surface area (Å²) in [5, 5.41) is 7.90. The Kier molecular flexibility index (Phi) is 4.47. The molecule has 1 amide bonds. The number of ether oxygens (including phenoxy) is 1. The summed E-state index contributed by atoms with van der Waals surface area (Å²) >= 11 is 0. The van der Waals surface area contributed by atoms with Crippen LogP contribution in [0.2, 0.25) is 0 Å². The van der Waals surface area contributed by atoms with Crippen LogP contribution >= 0.6 is 0 Å². The van der Waals surface area contributed by atoms with Gasteiger partial charge in [-0.25, -0.2) is 13.1 Å². The van der Waals surface area contributed by atoms with Crippen molar-refractivity contribution < 1.29 is 17.9 Å². The summed E-state index contributed by atoms with van der Waals surface area (Å²) in [6, 6.07) is 6.55. The van der Waals surface area contributed by atoms with Crippen molar-refractivity contribution in [3.05, 3.63) is 46.8 Å². The van der Waals surface area contributed by atoms with Crippen molar-refractivity contribution in [3.63, 3.8) is 0 Å². The van der Waals surface area contributed by atoms with Gasteiger partial charge >= 0.3 is 0 Å². The number of methoxy groups -OCH3 is 1. The number of sulfonamides is 1. The van der Waals surface area contributed by atoms with Crippen LogP contribution in [0.5, 0.6) is 5.75 Å². The maximum Gasteiger partial charge on any atom is 0.285 e. The Balaban J connectivity index is 1.89. The van der Waals surface area contributed by atoms with Gasteiger partial charge in [-0.3, -0.25) is 4.79 Å². The molecule has 25 heavy (non-hydrogen) atoms. The molecule has 7 nitrogen and oxygen atoms in total. The predicted octanol–water partition coefficient (Wildman–Crippen LogP) is 2.10. The quantitative estimate of drug-likeness (QED) is 0.876. The van der Waals surface area contributed by atoms with Crippen LogP contribution in [-0.2, 0) is 10.0 Å². The zero-order valence-electron chi connectivity index (χ0n) is 14.2. The molecule has 0 bridgehead atoms. The number of nitrogens with one attached hydrogen (secondary N) is 1. The van der Waals surface area contributed by atoms with Gasteiger partial charge in [0.05, 0.1) is 12.0 Å². The van der Waals surface area contributed by atoms with Gasteiger partial charge in [0, 0.05) is 12.0 Å². The highest BCUT2D eigenvalue weighted by Gasteiger charge is 2.30. The normalized spacial score (nSPS) is 14.2. The molecule has 1 aromatic carbocycles. The van der Waals surface area contributed by atoms with Crippen LogP contribution in [0.4, 0.5) is 0 Å². The smallest absolute Gasteiger partial charge is 0.285 e. The molecule has 1 aliphatic carbocycles. The number of nitrogens with zero attached hydrogens (tertiary/aromatic N) is 2. The molecule has 1 aliphatic rings. The average molecular weight is 361 g/mol. The third-order valence-electron chi connectivity index (χ3n) is 4.11. The number of carbonyl (C=O) groups excluding carboxylic acids is 1. The van der Waals surface area contributed by atoms with Gasteiger partial charge in [0.25, 0.3) is 15.9 Å². The van der Waals surface area contributed by atoms with Crippen molar-refractivity contribution in [3.8, 4) is 5.75 Å². The standard InChI is InChI=1S/C17H19N3O4S/c1-10-5-4-6-11(2)16(10)25(22,23)20-17(21)13-9-14(24-3)15(19-18-13)12-7-8-12/h4-6,9,12H,7-8H2,1-3H3,(H,20,21). The Morgan fingerprint density at radius 1 is 1.20 bits per heavy atom. The number of hydrogen-bond acceptors (Lipinski definition) is 6. The second kappa shape index (κ2) is 6.44. The van der Waals surface area contributed by atoms with Crippen LogP contribution < -0.4 is 9.46 Å². The Morgan fingerprint density at radius 2 is 1.84 bits per heavy atom. The van der Waals surface area contributed by atoms with Gasteiger partial charge in [-0.1, -0.05) is 18.2 Å². The van der Waals surface area contributed by atoms with Gasteiger partial charge < -0.3 is 4.74 Å². The first kappa shape index (κ1) is 17.3. The molecule has 1 N–H and O–H groups in total. The summed E-state index contributed by atoms with van der Waals surface area (Å²) in [4.78, 5) is 12.5. The van der Waals surface area contributed by atoms with Gasteiger partial charge in [0.2, 0.25) is 0 Å². The average Bonchev–Trinajstić information content (AvgIpc) is 3.38. The topological polar surface area (TPSA) is 98.2 Å². The minimum atomic E-state index is -4.01.